The van der Waals surface area contributed by atoms with Crippen LogP contribution in [0.3, 0.4) is 0 Å². The second-order valence-electron chi connectivity index (χ2n) is 9.36. The number of alkyl halides is 3. The van der Waals surface area contributed by atoms with Gasteiger partial charge in [0.1, 0.15) is 12.0 Å². The van der Waals surface area contributed by atoms with Gasteiger partial charge in [0.2, 0.25) is 12.3 Å². The molecule has 0 spiro atoms. The predicted octanol–water partition coefficient (Wildman–Crippen LogP) is 3.98. The molecule has 3 aliphatic rings. The molecular formula is C23H26ClF3N4O2. The Morgan fingerprint density at radius 3 is 2.64 bits per heavy atom. The first-order valence-electron chi connectivity index (χ1n) is 11.2. The minimum Gasteiger partial charge on any atom is -0.376 e. The number of fused-ring (bicyclic) bond motifs is 1. The first kappa shape index (κ1) is 22.7. The Balaban J connectivity index is 1.30. The van der Waals surface area contributed by atoms with Gasteiger partial charge in [-0.15, -0.1) is 0 Å². The van der Waals surface area contributed by atoms with Crippen molar-refractivity contribution in [1.82, 2.24) is 9.88 Å². The van der Waals surface area contributed by atoms with Crippen LogP contribution < -0.4 is 10.2 Å². The predicted molar refractivity (Wildman–Crippen MR) is 121 cm³/mol. The molecule has 3 fully saturated rings. The Kier molecular flexibility index (Phi) is 5.91. The van der Waals surface area contributed by atoms with Crippen molar-refractivity contribution >= 4 is 39.8 Å². The lowest BCUT2D eigenvalue weighted by Gasteiger charge is -2.44. The van der Waals surface area contributed by atoms with Gasteiger partial charge in [-0.05, 0) is 36.9 Å². The molecule has 2 saturated heterocycles. The first-order valence-corrected chi connectivity index (χ1v) is 11.5. The molecule has 1 saturated carbocycles. The smallest absolute Gasteiger partial charge is 0.242 e. The molecular weight excluding hydrogens is 457 g/mol. The summed E-state index contributed by atoms with van der Waals surface area (Å²) in [5, 5.41) is 4.89. The van der Waals surface area contributed by atoms with E-state index in [2.05, 4.69) is 20.1 Å². The number of rotatable bonds is 5. The van der Waals surface area contributed by atoms with Gasteiger partial charge in [-0.1, -0.05) is 11.6 Å². The zero-order valence-corrected chi connectivity index (χ0v) is 19.0. The van der Waals surface area contributed by atoms with Crippen molar-refractivity contribution in [2.75, 3.05) is 49.6 Å². The average Bonchev–Trinajstić information content (AvgIpc) is 3.54. The minimum atomic E-state index is -2.48. The largest absolute Gasteiger partial charge is 0.376 e. The van der Waals surface area contributed by atoms with Crippen molar-refractivity contribution in [3.63, 3.8) is 0 Å². The number of hydrogen-bond donors (Lipinski definition) is 1. The summed E-state index contributed by atoms with van der Waals surface area (Å²) in [5.74, 6) is -1.61. The van der Waals surface area contributed by atoms with E-state index in [1.54, 1.807) is 12.3 Å². The van der Waals surface area contributed by atoms with Crippen molar-refractivity contribution < 1.29 is 22.7 Å². The normalized spacial score (nSPS) is 30.2. The Morgan fingerprint density at radius 1 is 1.24 bits per heavy atom. The number of anilines is 2. The summed E-state index contributed by atoms with van der Waals surface area (Å²) in [5.41, 5.74) is 0.264. The van der Waals surface area contributed by atoms with Crippen LogP contribution in [-0.2, 0) is 9.53 Å². The van der Waals surface area contributed by atoms with Crippen LogP contribution in [0.15, 0.2) is 24.4 Å². The third-order valence-corrected chi connectivity index (χ3v) is 7.52. The molecule has 3 heterocycles. The number of hydrogen-bond acceptors (Lipinski definition) is 5. The van der Waals surface area contributed by atoms with Gasteiger partial charge < -0.3 is 15.0 Å². The molecule has 1 aromatic carbocycles. The summed E-state index contributed by atoms with van der Waals surface area (Å²) in [4.78, 5) is 20.8. The lowest BCUT2D eigenvalue weighted by atomic mass is 9.96. The van der Waals surface area contributed by atoms with Crippen molar-refractivity contribution in [1.29, 1.82) is 0 Å². The van der Waals surface area contributed by atoms with Gasteiger partial charge in [0.15, 0.2) is 0 Å². The standard InChI is InChI=1S/C23H26ClF3N4O2/c1-23(12-33-11-19(23)25)31-4-2-30(3-5-31)18-7-13-8-20(28-10-14(13)6-17(18)24)29-22(32)16-9-15(16)21(26)27/h6-8,10,15-16,19,21H,2-5,9,11-12H2,1H3,(H,28,29,32)/t15?,16?,19-,23+/m1/s1. The van der Waals surface area contributed by atoms with Crippen LogP contribution in [0.25, 0.3) is 10.8 Å². The third-order valence-electron chi connectivity index (χ3n) is 7.21. The Bertz CT molecular complexity index is 1070. The van der Waals surface area contributed by atoms with Gasteiger partial charge in [0.05, 0.1) is 29.5 Å². The van der Waals surface area contributed by atoms with Gasteiger partial charge in [-0.25, -0.2) is 18.2 Å². The number of amides is 1. The molecule has 5 rings (SSSR count). The van der Waals surface area contributed by atoms with Crippen LogP contribution in [0.1, 0.15) is 13.3 Å². The summed E-state index contributed by atoms with van der Waals surface area (Å²) >= 11 is 6.57. The van der Waals surface area contributed by atoms with E-state index in [0.29, 0.717) is 43.6 Å². The minimum absolute atomic E-state index is 0.143. The molecule has 1 amide bonds. The van der Waals surface area contributed by atoms with Crippen molar-refractivity contribution in [2.45, 2.75) is 31.5 Å². The van der Waals surface area contributed by atoms with Gasteiger partial charge in [-0.2, -0.15) is 0 Å². The molecule has 2 unspecified atom stereocenters. The summed E-state index contributed by atoms with van der Waals surface area (Å²) in [6.45, 7) is 5.22. The molecule has 2 aromatic rings. The van der Waals surface area contributed by atoms with Crippen LogP contribution in [-0.4, -0.2) is 73.3 Å². The fourth-order valence-corrected chi connectivity index (χ4v) is 5.16. The highest BCUT2D eigenvalue weighted by Gasteiger charge is 2.49. The topological polar surface area (TPSA) is 57.7 Å². The average molecular weight is 483 g/mol. The lowest BCUT2D eigenvalue weighted by molar-refractivity contribution is -0.118. The van der Waals surface area contributed by atoms with Crippen LogP contribution in [0.2, 0.25) is 5.02 Å². The van der Waals surface area contributed by atoms with Crippen LogP contribution in [0, 0.1) is 11.8 Å². The van der Waals surface area contributed by atoms with E-state index in [1.165, 1.54) is 0 Å². The number of nitrogens with one attached hydrogen (secondary N) is 1. The number of ether oxygens (including phenoxy) is 1. The quantitative estimate of drug-likeness (QED) is 0.698. The fraction of sp³-hybridized carbons (Fsp3) is 0.565. The maximum atomic E-state index is 14.4. The number of nitrogens with zero attached hydrogens (tertiary/aromatic N) is 3. The highest BCUT2D eigenvalue weighted by molar-refractivity contribution is 6.34. The zero-order valence-electron chi connectivity index (χ0n) is 18.2. The molecule has 0 radical (unpaired) electrons. The van der Waals surface area contributed by atoms with E-state index in [0.717, 1.165) is 16.5 Å². The van der Waals surface area contributed by atoms with Gasteiger partial charge in [-0.3, -0.25) is 9.69 Å². The Hall–Kier alpha value is -2.10. The molecule has 10 heteroatoms. The highest BCUT2D eigenvalue weighted by atomic mass is 35.5. The molecule has 178 valence electrons. The van der Waals surface area contributed by atoms with Gasteiger partial charge in [0, 0.05) is 49.6 Å². The number of pyridine rings is 1. The monoisotopic (exact) mass is 482 g/mol. The second kappa shape index (κ2) is 8.60. The van der Waals surface area contributed by atoms with Gasteiger partial charge >= 0.3 is 0 Å². The molecule has 4 atom stereocenters. The van der Waals surface area contributed by atoms with E-state index in [-0.39, 0.29) is 13.0 Å². The SMILES string of the molecule is C[C@]1(N2CCN(c3cc4cc(NC(=O)C5CC5C(F)F)ncc4cc3Cl)CC2)COC[C@H]1F. The number of carbonyl (C=O) groups excluding carboxylic acids is 1. The molecule has 2 aliphatic heterocycles. The lowest BCUT2D eigenvalue weighted by Crippen LogP contribution is -2.59. The number of halogens is 4. The Labute approximate surface area is 195 Å². The van der Waals surface area contributed by atoms with E-state index >= 15 is 0 Å². The first-order chi connectivity index (χ1) is 15.8. The molecule has 6 nitrogen and oxygen atoms in total. The number of carbonyl (C=O) groups is 1. The maximum Gasteiger partial charge on any atom is 0.242 e. The van der Waals surface area contributed by atoms with Crippen molar-refractivity contribution in [2.24, 2.45) is 11.8 Å². The van der Waals surface area contributed by atoms with E-state index in [1.807, 2.05) is 19.1 Å². The zero-order chi connectivity index (χ0) is 23.3. The molecule has 1 aromatic heterocycles. The second-order valence-corrected chi connectivity index (χ2v) is 9.77. The fourth-order valence-electron chi connectivity index (χ4n) is 4.86. The number of piperazine rings is 1. The van der Waals surface area contributed by atoms with E-state index in [4.69, 9.17) is 16.3 Å². The van der Waals surface area contributed by atoms with Crippen LogP contribution in [0.5, 0.6) is 0 Å². The van der Waals surface area contributed by atoms with Crippen molar-refractivity contribution in [3.05, 3.63) is 29.4 Å². The number of benzene rings is 1. The van der Waals surface area contributed by atoms with Crippen LogP contribution in [0.4, 0.5) is 24.7 Å². The van der Waals surface area contributed by atoms with Gasteiger partial charge in [0.25, 0.3) is 0 Å². The molecule has 1 aliphatic carbocycles. The molecule has 0 bridgehead atoms. The Morgan fingerprint density at radius 2 is 2.00 bits per heavy atom. The van der Waals surface area contributed by atoms with Crippen molar-refractivity contribution in [3.8, 4) is 0 Å². The maximum absolute atomic E-state index is 14.4. The molecule has 33 heavy (non-hydrogen) atoms. The van der Waals surface area contributed by atoms with E-state index < -0.39 is 35.9 Å². The summed E-state index contributed by atoms with van der Waals surface area (Å²) in [7, 11) is 0. The number of aromatic nitrogens is 1. The third kappa shape index (κ3) is 4.26. The molecule has 1 N–H and O–H groups in total. The highest BCUT2D eigenvalue weighted by Crippen LogP contribution is 2.44. The summed E-state index contributed by atoms with van der Waals surface area (Å²) < 4.78 is 45.2. The summed E-state index contributed by atoms with van der Waals surface area (Å²) in [6, 6.07) is 5.50. The van der Waals surface area contributed by atoms with E-state index in [9.17, 15) is 18.0 Å². The summed E-state index contributed by atoms with van der Waals surface area (Å²) in [6.07, 6.45) is -1.66. The van der Waals surface area contributed by atoms with Crippen LogP contribution >= 0.6 is 11.6 Å².